The summed E-state index contributed by atoms with van der Waals surface area (Å²) < 4.78 is 15.2. The molecule has 2 aromatic carbocycles. The van der Waals surface area contributed by atoms with Crippen LogP contribution in [0.5, 0.6) is 0 Å². The molecule has 118 valence electrons. The first-order valence-electron chi connectivity index (χ1n) is 7.34. The second-order valence-electron chi connectivity index (χ2n) is 5.39. The zero-order chi connectivity index (χ0) is 16.2. The van der Waals surface area contributed by atoms with Crippen molar-refractivity contribution in [3.05, 3.63) is 88.7 Å². The van der Waals surface area contributed by atoms with Gasteiger partial charge in [0.05, 0.1) is 6.04 Å². The van der Waals surface area contributed by atoms with E-state index < -0.39 is 0 Å². The molecule has 5 heteroatoms. The van der Waals surface area contributed by atoms with Crippen molar-refractivity contribution >= 4 is 11.6 Å². The molecule has 0 aliphatic rings. The average Bonchev–Trinajstić information content (AvgIpc) is 2.95. The van der Waals surface area contributed by atoms with Crippen molar-refractivity contribution in [3.8, 4) is 0 Å². The van der Waals surface area contributed by atoms with Gasteiger partial charge in [-0.3, -0.25) is 5.32 Å². The molecular formula is C18H17ClFN3. The Kier molecular flexibility index (Phi) is 4.74. The van der Waals surface area contributed by atoms with Gasteiger partial charge >= 0.3 is 0 Å². The van der Waals surface area contributed by atoms with Crippen LogP contribution in [-0.4, -0.2) is 9.55 Å². The number of hydrogen-bond acceptors (Lipinski definition) is 2. The van der Waals surface area contributed by atoms with Crippen LogP contribution in [0.1, 0.15) is 23.0 Å². The zero-order valence-electron chi connectivity index (χ0n) is 12.7. The van der Waals surface area contributed by atoms with Crippen molar-refractivity contribution in [2.45, 2.75) is 12.6 Å². The standard InChI is InChI=1S/C18H17ClFN3/c1-23-10-9-21-18(23)17(14-5-7-16(20)8-6-14)22-12-13-3-2-4-15(19)11-13/h2-11,17,22H,12H2,1H3/t17-/m0/s1. The summed E-state index contributed by atoms with van der Waals surface area (Å²) in [6.07, 6.45) is 3.65. The Morgan fingerprint density at radius 3 is 2.65 bits per heavy atom. The molecule has 0 fully saturated rings. The van der Waals surface area contributed by atoms with E-state index in [4.69, 9.17) is 11.6 Å². The lowest BCUT2D eigenvalue weighted by Gasteiger charge is -2.19. The highest BCUT2D eigenvalue weighted by Crippen LogP contribution is 2.22. The van der Waals surface area contributed by atoms with Crippen LogP contribution in [0.2, 0.25) is 5.02 Å². The molecule has 0 aliphatic carbocycles. The van der Waals surface area contributed by atoms with Gasteiger partial charge in [-0.2, -0.15) is 0 Å². The Labute approximate surface area is 139 Å². The molecule has 1 aromatic heterocycles. The number of nitrogens with zero attached hydrogens (tertiary/aromatic N) is 2. The lowest BCUT2D eigenvalue weighted by Crippen LogP contribution is -2.24. The van der Waals surface area contributed by atoms with Crippen LogP contribution in [-0.2, 0) is 13.6 Å². The predicted octanol–water partition coefficient (Wildman–Crippen LogP) is 4.09. The first-order chi connectivity index (χ1) is 11.1. The van der Waals surface area contributed by atoms with E-state index in [0.29, 0.717) is 11.6 Å². The van der Waals surface area contributed by atoms with Crippen molar-refractivity contribution in [2.24, 2.45) is 7.05 Å². The SMILES string of the molecule is Cn1ccnc1[C@@H](NCc1cccc(Cl)c1)c1ccc(F)cc1. The summed E-state index contributed by atoms with van der Waals surface area (Å²) in [5.74, 6) is 0.626. The third kappa shape index (κ3) is 3.78. The monoisotopic (exact) mass is 329 g/mol. The van der Waals surface area contributed by atoms with Gasteiger partial charge < -0.3 is 4.57 Å². The maximum Gasteiger partial charge on any atom is 0.130 e. The molecule has 3 nitrogen and oxygen atoms in total. The molecule has 0 aliphatic heterocycles. The molecule has 1 N–H and O–H groups in total. The summed E-state index contributed by atoms with van der Waals surface area (Å²) in [6, 6.07) is 14.1. The molecule has 0 unspecified atom stereocenters. The third-order valence-corrected chi connectivity index (χ3v) is 3.95. The second kappa shape index (κ2) is 6.94. The number of aromatic nitrogens is 2. The summed E-state index contributed by atoms with van der Waals surface area (Å²) in [5.41, 5.74) is 2.04. The van der Waals surface area contributed by atoms with Crippen molar-refractivity contribution in [1.29, 1.82) is 0 Å². The Bertz CT molecular complexity index is 783. The molecule has 1 heterocycles. The van der Waals surface area contributed by atoms with Gasteiger partial charge in [-0.25, -0.2) is 9.37 Å². The maximum absolute atomic E-state index is 13.2. The Hall–Kier alpha value is -2.17. The van der Waals surface area contributed by atoms with Crippen molar-refractivity contribution < 1.29 is 4.39 Å². The highest BCUT2D eigenvalue weighted by Gasteiger charge is 2.18. The molecule has 1 atom stereocenters. The van der Waals surface area contributed by atoms with Crippen LogP contribution in [0.25, 0.3) is 0 Å². The Balaban J connectivity index is 1.86. The smallest absolute Gasteiger partial charge is 0.130 e. The molecule has 0 saturated heterocycles. The zero-order valence-corrected chi connectivity index (χ0v) is 13.5. The van der Waals surface area contributed by atoms with Gasteiger partial charge in [0.2, 0.25) is 0 Å². The summed E-state index contributed by atoms with van der Waals surface area (Å²) in [4.78, 5) is 4.43. The van der Waals surface area contributed by atoms with E-state index in [2.05, 4.69) is 10.3 Å². The maximum atomic E-state index is 13.2. The van der Waals surface area contributed by atoms with Crippen molar-refractivity contribution in [2.75, 3.05) is 0 Å². The number of rotatable bonds is 5. The van der Waals surface area contributed by atoms with Crippen LogP contribution in [0.4, 0.5) is 4.39 Å². The number of imidazole rings is 1. The quantitative estimate of drug-likeness (QED) is 0.764. The highest BCUT2D eigenvalue weighted by atomic mass is 35.5. The largest absolute Gasteiger partial charge is 0.336 e. The highest BCUT2D eigenvalue weighted by molar-refractivity contribution is 6.30. The number of nitrogens with one attached hydrogen (secondary N) is 1. The van der Waals surface area contributed by atoms with Crippen molar-refractivity contribution in [1.82, 2.24) is 14.9 Å². The van der Waals surface area contributed by atoms with Gasteiger partial charge in [-0.15, -0.1) is 0 Å². The van der Waals surface area contributed by atoms with Crippen molar-refractivity contribution in [3.63, 3.8) is 0 Å². The Morgan fingerprint density at radius 2 is 2.00 bits per heavy atom. The lowest BCUT2D eigenvalue weighted by atomic mass is 10.1. The topological polar surface area (TPSA) is 29.9 Å². The summed E-state index contributed by atoms with van der Waals surface area (Å²) in [6.45, 7) is 0.634. The molecule has 0 bridgehead atoms. The fourth-order valence-corrected chi connectivity index (χ4v) is 2.75. The Morgan fingerprint density at radius 1 is 1.22 bits per heavy atom. The third-order valence-electron chi connectivity index (χ3n) is 3.72. The second-order valence-corrected chi connectivity index (χ2v) is 5.83. The van der Waals surface area contributed by atoms with Gasteiger partial charge in [0.25, 0.3) is 0 Å². The minimum Gasteiger partial charge on any atom is -0.336 e. The fraction of sp³-hybridized carbons (Fsp3) is 0.167. The molecule has 23 heavy (non-hydrogen) atoms. The van der Waals surface area contributed by atoms with E-state index >= 15 is 0 Å². The molecule has 0 radical (unpaired) electrons. The van der Waals surface area contributed by atoms with E-state index in [1.165, 1.54) is 12.1 Å². The summed E-state index contributed by atoms with van der Waals surface area (Å²) >= 11 is 6.03. The molecular weight excluding hydrogens is 313 g/mol. The summed E-state index contributed by atoms with van der Waals surface area (Å²) in [5, 5.41) is 4.19. The van der Waals surface area contributed by atoms with Crippen LogP contribution in [0, 0.1) is 5.82 Å². The van der Waals surface area contributed by atoms with Gasteiger partial charge in [0.15, 0.2) is 0 Å². The van der Waals surface area contributed by atoms with Gasteiger partial charge in [0, 0.05) is 31.0 Å². The number of benzene rings is 2. The molecule has 0 saturated carbocycles. The average molecular weight is 330 g/mol. The molecule has 0 spiro atoms. The fourth-order valence-electron chi connectivity index (χ4n) is 2.54. The number of hydrogen-bond donors (Lipinski definition) is 1. The van der Waals surface area contributed by atoms with E-state index in [1.54, 1.807) is 18.3 Å². The number of halogens is 2. The van der Waals surface area contributed by atoms with E-state index in [0.717, 1.165) is 17.0 Å². The van der Waals surface area contributed by atoms with Gasteiger partial charge in [-0.1, -0.05) is 35.9 Å². The first kappa shape index (κ1) is 15.7. The first-order valence-corrected chi connectivity index (χ1v) is 7.72. The minimum absolute atomic E-state index is 0.130. The minimum atomic E-state index is -0.248. The van der Waals surface area contributed by atoms with E-state index in [9.17, 15) is 4.39 Å². The molecule has 0 amide bonds. The van der Waals surface area contributed by atoms with Crippen LogP contribution < -0.4 is 5.32 Å². The van der Waals surface area contributed by atoms with Gasteiger partial charge in [0.1, 0.15) is 11.6 Å². The lowest BCUT2D eigenvalue weighted by molar-refractivity contribution is 0.555. The van der Waals surface area contributed by atoms with E-state index in [1.807, 2.05) is 42.1 Å². The van der Waals surface area contributed by atoms with Crippen LogP contribution in [0.15, 0.2) is 60.9 Å². The number of aryl methyl sites for hydroxylation is 1. The van der Waals surface area contributed by atoms with Crippen LogP contribution >= 0.6 is 11.6 Å². The normalized spacial score (nSPS) is 12.3. The predicted molar refractivity (Wildman–Crippen MR) is 89.7 cm³/mol. The van der Waals surface area contributed by atoms with Gasteiger partial charge in [-0.05, 0) is 35.4 Å². The van der Waals surface area contributed by atoms with Crippen LogP contribution in [0.3, 0.4) is 0 Å². The molecule has 3 rings (SSSR count). The summed E-state index contributed by atoms with van der Waals surface area (Å²) in [7, 11) is 1.94. The van der Waals surface area contributed by atoms with E-state index in [-0.39, 0.29) is 11.9 Å². The molecule has 3 aromatic rings.